The number of hydrogen-bond acceptors (Lipinski definition) is 1. The van der Waals surface area contributed by atoms with E-state index in [2.05, 4.69) is 10.6 Å². The maximum Gasteiger partial charge on any atom is 0.461 e. The Morgan fingerprint density at radius 1 is 1.10 bits per heavy atom. The van der Waals surface area contributed by atoms with Gasteiger partial charge in [-0.1, -0.05) is 5.87 Å². The SMILES string of the molecule is C=S(C)c1cc(OC(F)(F)C(F)F)cc(C(F)(F)F)c1. The summed E-state index contributed by atoms with van der Waals surface area (Å²) in [6, 6.07) is 1.79. The molecular weight excluding hydrogens is 313 g/mol. The molecule has 20 heavy (non-hydrogen) atoms. The van der Waals surface area contributed by atoms with E-state index in [-0.39, 0.29) is 11.0 Å². The van der Waals surface area contributed by atoms with Crippen LogP contribution in [0.1, 0.15) is 5.56 Å². The summed E-state index contributed by atoms with van der Waals surface area (Å²) >= 11 is 0. The number of alkyl halides is 7. The van der Waals surface area contributed by atoms with Gasteiger partial charge in [0.1, 0.15) is 5.75 Å². The van der Waals surface area contributed by atoms with Crippen molar-refractivity contribution in [1.29, 1.82) is 0 Å². The van der Waals surface area contributed by atoms with Crippen LogP contribution in [0, 0.1) is 0 Å². The molecule has 1 rings (SSSR count). The normalized spacial score (nSPS) is 14.4. The lowest BCUT2D eigenvalue weighted by atomic mass is 10.2. The first-order valence-corrected chi connectivity index (χ1v) is 6.76. The lowest BCUT2D eigenvalue weighted by Crippen LogP contribution is -2.33. The van der Waals surface area contributed by atoms with Gasteiger partial charge in [-0.15, -0.1) is 0 Å². The lowest BCUT2D eigenvalue weighted by molar-refractivity contribution is -0.253. The number of benzene rings is 1. The van der Waals surface area contributed by atoms with Crippen LogP contribution in [0.25, 0.3) is 0 Å². The van der Waals surface area contributed by atoms with Crippen LogP contribution in [0.2, 0.25) is 0 Å². The van der Waals surface area contributed by atoms with Crippen molar-refractivity contribution >= 4 is 16.4 Å². The molecule has 0 bridgehead atoms. The van der Waals surface area contributed by atoms with Gasteiger partial charge in [0.25, 0.3) is 0 Å². The third-order valence-electron chi connectivity index (χ3n) is 2.12. The molecule has 0 amide bonds. The van der Waals surface area contributed by atoms with Crippen LogP contribution in [0.15, 0.2) is 23.1 Å². The van der Waals surface area contributed by atoms with Crippen molar-refractivity contribution < 1.29 is 35.5 Å². The molecule has 0 aromatic heterocycles. The Hall–Kier alpha value is -1.25. The first kappa shape index (κ1) is 16.8. The summed E-state index contributed by atoms with van der Waals surface area (Å²) in [5.74, 6) is 2.49. The number of halogens is 7. The molecular formula is C11H9F7OS. The van der Waals surface area contributed by atoms with Gasteiger partial charge in [0, 0.05) is 4.90 Å². The Balaban J connectivity index is 3.27. The fourth-order valence-electron chi connectivity index (χ4n) is 1.20. The molecule has 0 spiro atoms. The second-order valence-corrected chi connectivity index (χ2v) is 5.54. The third kappa shape index (κ3) is 4.12. The average Bonchev–Trinajstić information content (AvgIpc) is 2.26. The lowest BCUT2D eigenvalue weighted by Gasteiger charge is -2.19. The minimum atomic E-state index is -4.87. The van der Waals surface area contributed by atoms with Gasteiger partial charge in [0.2, 0.25) is 0 Å². The maximum atomic E-state index is 12.7. The minimum Gasteiger partial charge on any atom is -0.428 e. The zero-order chi connectivity index (χ0) is 15.7. The highest BCUT2D eigenvalue weighted by atomic mass is 32.2. The summed E-state index contributed by atoms with van der Waals surface area (Å²) in [7, 11) is -0.936. The van der Waals surface area contributed by atoms with Gasteiger partial charge in [-0.25, -0.2) is 0 Å². The molecule has 0 saturated heterocycles. The summed E-state index contributed by atoms with van der Waals surface area (Å²) in [5.41, 5.74) is -1.27. The van der Waals surface area contributed by atoms with Crippen molar-refractivity contribution in [2.24, 2.45) is 0 Å². The molecule has 1 nitrogen and oxygen atoms in total. The van der Waals surface area contributed by atoms with Crippen molar-refractivity contribution in [1.82, 2.24) is 0 Å². The van der Waals surface area contributed by atoms with Crippen molar-refractivity contribution in [2.45, 2.75) is 23.6 Å². The molecule has 0 radical (unpaired) electrons. The third-order valence-corrected chi connectivity index (χ3v) is 3.16. The van der Waals surface area contributed by atoms with Crippen molar-refractivity contribution in [3.63, 3.8) is 0 Å². The summed E-state index contributed by atoms with van der Waals surface area (Å²) in [4.78, 5) is -0.0279. The standard InChI is InChI=1S/C11H9F7OS/c1-20(2)8-4-6(10(14,15)16)3-7(5-8)19-11(17,18)9(12)13/h3-5,9H,1H2,2H3. The number of hydrogen-bond donors (Lipinski definition) is 0. The fourth-order valence-corrected chi connectivity index (χ4v) is 1.84. The van der Waals surface area contributed by atoms with Gasteiger partial charge < -0.3 is 4.74 Å². The quantitative estimate of drug-likeness (QED) is 0.580. The van der Waals surface area contributed by atoms with E-state index in [1.807, 2.05) is 0 Å². The van der Waals surface area contributed by atoms with Gasteiger partial charge in [0.15, 0.2) is 0 Å². The van der Waals surface area contributed by atoms with Gasteiger partial charge in [-0.2, -0.15) is 41.2 Å². The monoisotopic (exact) mass is 322 g/mol. The van der Waals surface area contributed by atoms with Crippen molar-refractivity contribution in [3.05, 3.63) is 23.8 Å². The summed E-state index contributed by atoms with van der Waals surface area (Å²) in [6.45, 7) is 0. The molecule has 0 N–H and O–H groups in total. The summed E-state index contributed by atoms with van der Waals surface area (Å²) in [6.07, 6.45) is -12.4. The zero-order valence-electron chi connectivity index (χ0n) is 9.98. The Morgan fingerprint density at radius 3 is 2.05 bits per heavy atom. The molecule has 0 fully saturated rings. The van der Waals surface area contributed by atoms with E-state index in [0.717, 1.165) is 6.07 Å². The first-order valence-electron chi connectivity index (χ1n) is 4.96. The molecule has 1 aromatic rings. The van der Waals surface area contributed by atoms with Crippen LogP contribution >= 0.6 is 10.5 Å². The smallest absolute Gasteiger partial charge is 0.428 e. The van der Waals surface area contributed by atoms with Crippen LogP contribution in [0.5, 0.6) is 5.75 Å². The molecule has 0 heterocycles. The van der Waals surface area contributed by atoms with Crippen LogP contribution in [-0.4, -0.2) is 24.7 Å². The molecule has 114 valence electrons. The zero-order valence-corrected chi connectivity index (χ0v) is 10.8. The molecule has 0 aliphatic rings. The maximum absolute atomic E-state index is 12.7. The van der Waals surface area contributed by atoms with Crippen LogP contribution in [0.4, 0.5) is 30.7 Å². The minimum absolute atomic E-state index is 0.0279. The van der Waals surface area contributed by atoms with E-state index >= 15 is 0 Å². The van der Waals surface area contributed by atoms with Crippen molar-refractivity contribution in [2.75, 3.05) is 6.26 Å². The van der Waals surface area contributed by atoms with E-state index in [0.29, 0.717) is 6.07 Å². The molecule has 9 heteroatoms. The number of rotatable bonds is 4. The fraction of sp³-hybridized carbons (Fsp3) is 0.364. The predicted octanol–water partition coefficient (Wildman–Crippen LogP) is 4.63. The molecule has 1 atom stereocenters. The van der Waals surface area contributed by atoms with Gasteiger partial charge in [0.05, 0.1) is 5.56 Å². The van der Waals surface area contributed by atoms with E-state index in [4.69, 9.17) is 0 Å². The van der Waals surface area contributed by atoms with E-state index in [9.17, 15) is 30.7 Å². The predicted molar refractivity (Wildman–Crippen MR) is 61.9 cm³/mol. The highest BCUT2D eigenvalue weighted by Crippen LogP contribution is 2.38. The van der Waals surface area contributed by atoms with E-state index in [1.54, 1.807) is 0 Å². The Labute approximate surface area is 112 Å². The van der Waals surface area contributed by atoms with Gasteiger partial charge >= 0.3 is 18.7 Å². The van der Waals surface area contributed by atoms with Crippen LogP contribution in [-0.2, 0) is 6.18 Å². The summed E-state index contributed by atoms with van der Waals surface area (Å²) < 4.78 is 90.9. The summed E-state index contributed by atoms with van der Waals surface area (Å²) in [5, 5.41) is 0. The van der Waals surface area contributed by atoms with Crippen LogP contribution in [0.3, 0.4) is 0 Å². The molecule has 0 aliphatic carbocycles. The van der Waals surface area contributed by atoms with E-state index < -0.39 is 40.5 Å². The first-order chi connectivity index (χ1) is 8.93. The average molecular weight is 322 g/mol. The molecule has 0 aliphatic heterocycles. The second kappa shape index (κ2) is 5.63. The van der Waals surface area contributed by atoms with Crippen LogP contribution < -0.4 is 4.74 Å². The Morgan fingerprint density at radius 2 is 1.65 bits per heavy atom. The Kier molecular flexibility index (Phi) is 4.73. The van der Waals surface area contributed by atoms with Gasteiger partial charge in [-0.05, 0) is 24.5 Å². The molecule has 1 aromatic carbocycles. The second-order valence-electron chi connectivity index (χ2n) is 3.79. The molecule has 0 saturated carbocycles. The number of ether oxygens (including phenoxy) is 1. The van der Waals surface area contributed by atoms with Gasteiger partial charge in [-0.3, -0.25) is 0 Å². The Bertz CT molecular complexity index is 510. The highest BCUT2D eigenvalue weighted by molar-refractivity contribution is 8.13. The van der Waals surface area contributed by atoms with Crippen molar-refractivity contribution in [3.8, 4) is 5.75 Å². The van der Waals surface area contributed by atoms with E-state index in [1.165, 1.54) is 6.26 Å². The molecule has 1 unspecified atom stereocenters. The largest absolute Gasteiger partial charge is 0.461 e. The topological polar surface area (TPSA) is 9.23 Å². The highest BCUT2D eigenvalue weighted by Gasteiger charge is 2.44.